The maximum Gasteiger partial charge on any atom is 0.416 e. The van der Waals surface area contributed by atoms with Gasteiger partial charge in [-0.25, -0.2) is 4.98 Å². The molecule has 4 aromatic rings. The van der Waals surface area contributed by atoms with E-state index in [1.54, 1.807) is 36.4 Å². The highest BCUT2D eigenvalue weighted by molar-refractivity contribution is 6.36. The molecule has 4 rings (SSSR count). The SMILES string of the molecule is O=c1c2ccccc2nc(-c2cccc(C(F)(F)F)c2)n1N=Cc1ccc(Cl)cc1Cl. The van der Waals surface area contributed by atoms with Crippen molar-refractivity contribution in [2.75, 3.05) is 0 Å². The van der Waals surface area contributed by atoms with Crippen LogP contribution in [0.5, 0.6) is 0 Å². The van der Waals surface area contributed by atoms with Crippen LogP contribution in [0.15, 0.2) is 76.6 Å². The first-order chi connectivity index (χ1) is 14.7. The summed E-state index contributed by atoms with van der Waals surface area (Å²) in [6.07, 6.45) is -3.22. The Bertz CT molecular complexity index is 1380. The van der Waals surface area contributed by atoms with E-state index >= 15 is 0 Å². The molecule has 0 aliphatic rings. The normalized spacial score (nSPS) is 12.0. The third-order valence-corrected chi connectivity index (χ3v) is 5.04. The van der Waals surface area contributed by atoms with E-state index in [1.807, 2.05) is 0 Å². The van der Waals surface area contributed by atoms with E-state index < -0.39 is 17.3 Å². The molecule has 4 nitrogen and oxygen atoms in total. The summed E-state index contributed by atoms with van der Waals surface area (Å²) in [6.45, 7) is 0. The van der Waals surface area contributed by atoms with Gasteiger partial charge in [0.05, 0.1) is 27.7 Å². The van der Waals surface area contributed by atoms with Gasteiger partial charge in [-0.3, -0.25) is 4.79 Å². The predicted octanol–water partition coefficient (Wildman–Crippen LogP) is 6.27. The molecule has 0 aliphatic carbocycles. The zero-order valence-corrected chi connectivity index (χ0v) is 17.1. The molecule has 0 fully saturated rings. The molecule has 0 amide bonds. The fraction of sp³-hybridized carbons (Fsp3) is 0.0455. The zero-order valence-electron chi connectivity index (χ0n) is 15.6. The van der Waals surface area contributed by atoms with Crippen molar-refractivity contribution in [3.05, 3.63) is 98.3 Å². The van der Waals surface area contributed by atoms with Crippen LogP contribution in [0, 0.1) is 0 Å². The van der Waals surface area contributed by atoms with Crippen LogP contribution in [-0.4, -0.2) is 15.9 Å². The van der Waals surface area contributed by atoms with Crippen LogP contribution in [0.4, 0.5) is 13.2 Å². The maximum atomic E-state index is 13.2. The molecule has 0 saturated carbocycles. The highest BCUT2D eigenvalue weighted by Crippen LogP contribution is 2.32. The Morgan fingerprint density at radius 2 is 1.74 bits per heavy atom. The monoisotopic (exact) mass is 461 g/mol. The van der Waals surface area contributed by atoms with Crippen LogP contribution >= 0.6 is 23.2 Å². The Labute approximate surface area is 184 Å². The molecule has 31 heavy (non-hydrogen) atoms. The van der Waals surface area contributed by atoms with Crippen molar-refractivity contribution >= 4 is 40.3 Å². The van der Waals surface area contributed by atoms with Gasteiger partial charge in [0.25, 0.3) is 5.56 Å². The Hall–Kier alpha value is -3.16. The quantitative estimate of drug-likeness (QED) is 0.337. The highest BCUT2D eigenvalue weighted by atomic mass is 35.5. The number of nitrogens with zero attached hydrogens (tertiary/aromatic N) is 3. The summed E-state index contributed by atoms with van der Waals surface area (Å²) >= 11 is 12.1. The third-order valence-electron chi connectivity index (χ3n) is 4.48. The first-order valence-electron chi connectivity index (χ1n) is 8.93. The van der Waals surface area contributed by atoms with Crippen LogP contribution in [-0.2, 0) is 6.18 Å². The van der Waals surface area contributed by atoms with Gasteiger partial charge in [0.15, 0.2) is 5.82 Å². The minimum absolute atomic E-state index is 0.0314. The molecule has 0 spiro atoms. The molecule has 1 heterocycles. The first kappa shape index (κ1) is 21.1. The summed E-state index contributed by atoms with van der Waals surface area (Å²) in [5, 5.41) is 5.20. The average Bonchev–Trinajstić information content (AvgIpc) is 2.73. The van der Waals surface area contributed by atoms with Gasteiger partial charge in [0.1, 0.15) is 0 Å². The maximum absolute atomic E-state index is 13.2. The van der Waals surface area contributed by atoms with E-state index in [1.165, 1.54) is 24.4 Å². The molecule has 0 aliphatic heterocycles. The fourth-order valence-electron chi connectivity index (χ4n) is 2.98. The highest BCUT2D eigenvalue weighted by Gasteiger charge is 2.30. The second-order valence-electron chi connectivity index (χ2n) is 6.56. The predicted molar refractivity (Wildman–Crippen MR) is 116 cm³/mol. The fourth-order valence-corrected chi connectivity index (χ4v) is 3.44. The van der Waals surface area contributed by atoms with Crippen molar-refractivity contribution in [1.82, 2.24) is 9.66 Å². The van der Waals surface area contributed by atoms with E-state index in [9.17, 15) is 18.0 Å². The van der Waals surface area contributed by atoms with Gasteiger partial charge in [-0.2, -0.15) is 22.9 Å². The number of fused-ring (bicyclic) bond motifs is 1. The molecule has 0 unspecified atom stereocenters. The zero-order chi connectivity index (χ0) is 22.2. The number of aromatic nitrogens is 2. The number of halogens is 5. The summed E-state index contributed by atoms with van der Waals surface area (Å²) in [4.78, 5) is 17.5. The molecule has 0 bridgehead atoms. The van der Waals surface area contributed by atoms with Crippen LogP contribution in [0.1, 0.15) is 11.1 Å². The summed E-state index contributed by atoms with van der Waals surface area (Å²) in [6, 6.07) is 15.8. The second kappa shape index (κ2) is 8.17. The smallest absolute Gasteiger partial charge is 0.267 e. The molecule has 1 aromatic heterocycles. The minimum Gasteiger partial charge on any atom is -0.267 e. The molecular formula is C22H12Cl2F3N3O. The molecule has 0 N–H and O–H groups in total. The van der Waals surface area contributed by atoms with Crippen molar-refractivity contribution < 1.29 is 13.2 Å². The van der Waals surface area contributed by atoms with Crippen molar-refractivity contribution in [2.45, 2.75) is 6.18 Å². The lowest BCUT2D eigenvalue weighted by molar-refractivity contribution is -0.137. The number of alkyl halides is 3. The van der Waals surface area contributed by atoms with Gasteiger partial charge in [0, 0.05) is 16.1 Å². The van der Waals surface area contributed by atoms with Crippen LogP contribution < -0.4 is 5.56 Å². The number of para-hydroxylation sites is 1. The summed E-state index contributed by atoms with van der Waals surface area (Å²) in [7, 11) is 0. The lowest BCUT2D eigenvalue weighted by Crippen LogP contribution is -2.20. The molecule has 3 aromatic carbocycles. The Kier molecular flexibility index (Phi) is 5.56. The van der Waals surface area contributed by atoms with E-state index in [0.717, 1.165) is 16.8 Å². The number of hydrogen-bond donors (Lipinski definition) is 0. The van der Waals surface area contributed by atoms with Gasteiger partial charge in [0.2, 0.25) is 0 Å². The summed E-state index contributed by atoms with van der Waals surface area (Å²) in [5.74, 6) is -0.0314. The molecule has 0 atom stereocenters. The second-order valence-corrected chi connectivity index (χ2v) is 7.40. The van der Waals surface area contributed by atoms with Crippen molar-refractivity contribution in [3.8, 4) is 11.4 Å². The van der Waals surface area contributed by atoms with Crippen molar-refractivity contribution in [1.29, 1.82) is 0 Å². The van der Waals surface area contributed by atoms with Gasteiger partial charge < -0.3 is 0 Å². The lowest BCUT2D eigenvalue weighted by atomic mass is 10.1. The Morgan fingerprint density at radius 1 is 0.968 bits per heavy atom. The summed E-state index contributed by atoms with van der Waals surface area (Å²) < 4.78 is 40.6. The number of rotatable bonds is 3. The van der Waals surface area contributed by atoms with Gasteiger partial charge in [-0.15, -0.1) is 0 Å². The minimum atomic E-state index is -4.54. The lowest BCUT2D eigenvalue weighted by Gasteiger charge is -2.12. The summed E-state index contributed by atoms with van der Waals surface area (Å²) in [5.41, 5.74) is -0.475. The molecule has 0 saturated heterocycles. The largest absolute Gasteiger partial charge is 0.416 e. The first-order valence-corrected chi connectivity index (χ1v) is 9.68. The standard InChI is InChI=1S/C22H12Cl2F3N3O/c23-16-9-8-14(18(24)11-16)12-28-30-20(13-4-3-5-15(10-13)22(25,26)27)29-19-7-2-1-6-17(19)21(30)31/h1-12H. The Morgan fingerprint density at radius 3 is 2.48 bits per heavy atom. The molecule has 0 radical (unpaired) electrons. The van der Waals surface area contributed by atoms with Gasteiger partial charge >= 0.3 is 6.18 Å². The van der Waals surface area contributed by atoms with E-state index in [0.29, 0.717) is 21.1 Å². The van der Waals surface area contributed by atoms with E-state index in [-0.39, 0.29) is 16.8 Å². The molecule has 9 heteroatoms. The number of hydrogen-bond acceptors (Lipinski definition) is 3. The van der Waals surface area contributed by atoms with Gasteiger partial charge in [-0.05, 0) is 36.4 Å². The van der Waals surface area contributed by atoms with Crippen LogP contribution in [0.2, 0.25) is 10.0 Å². The Balaban J connectivity index is 1.95. The van der Waals surface area contributed by atoms with Crippen LogP contribution in [0.25, 0.3) is 22.3 Å². The number of benzene rings is 3. The van der Waals surface area contributed by atoms with Gasteiger partial charge in [-0.1, -0.05) is 53.5 Å². The topological polar surface area (TPSA) is 47.2 Å². The van der Waals surface area contributed by atoms with Crippen molar-refractivity contribution in [3.63, 3.8) is 0 Å². The molecule has 156 valence electrons. The average molecular weight is 462 g/mol. The van der Waals surface area contributed by atoms with Crippen LogP contribution in [0.3, 0.4) is 0 Å². The van der Waals surface area contributed by atoms with E-state index in [2.05, 4.69) is 10.1 Å². The third kappa shape index (κ3) is 4.33. The molecular weight excluding hydrogens is 450 g/mol. The van der Waals surface area contributed by atoms with E-state index in [4.69, 9.17) is 23.2 Å². The van der Waals surface area contributed by atoms with Crippen molar-refractivity contribution in [2.24, 2.45) is 5.10 Å².